The zero-order chi connectivity index (χ0) is 8.39. The average Bonchev–Trinajstić information content (AvgIpc) is 2.29. The number of rotatable bonds is 0. The molecule has 1 heterocycles. The van der Waals surface area contributed by atoms with Gasteiger partial charge in [-0.15, -0.1) is 23.4 Å². The summed E-state index contributed by atoms with van der Waals surface area (Å²) in [6.45, 7) is 0. The van der Waals surface area contributed by atoms with Crippen molar-refractivity contribution in [2.24, 2.45) is 0 Å². The average molecular weight is 199 g/mol. The van der Waals surface area contributed by atoms with Gasteiger partial charge in [0.15, 0.2) is 0 Å². The normalized spacial score (nSPS) is 22.9. The van der Waals surface area contributed by atoms with Crippen LogP contribution in [0.3, 0.4) is 0 Å². The molecule has 0 spiro atoms. The lowest BCUT2D eigenvalue weighted by atomic mass is 10.1. The summed E-state index contributed by atoms with van der Waals surface area (Å²) in [5.41, 5.74) is 1.32. The van der Waals surface area contributed by atoms with Gasteiger partial charge in [-0.1, -0.05) is 18.2 Å². The van der Waals surface area contributed by atoms with Gasteiger partial charge in [0.05, 0.1) is 5.38 Å². The number of alkyl halides is 1. The molecule has 0 nitrogen and oxygen atoms in total. The molecule has 0 aromatic heterocycles. The Labute approximate surface area is 82.3 Å². The minimum atomic E-state index is 0.233. The maximum absolute atomic E-state index is 6.24. The van der Waals surface area contributed by atoms with Crippen molar-refractivity contribution in [3.05, 3.63) is 29.8 Å². The van der Waals surface area contributed by atoms with Crippen molar-refractivity contribution in [1.29, 1.82) is 0 Å². The van der Waals surface area contributed by atoms with Crippen molar-refractivity contribution in [2.45, 2.75) is 23.1 Å². The minimum absolute atomic E-state index is 0.233. The lowest BCUT2D eigenvalue weighted by molar-refractivity contribution is 0.778. The molecule has 2 heteroatoms. The van der Waals surface area contributed by atoms with Crippen LogP contribution in [0.5, 0.6) is 0 Å². The molecule has 0 N–H and O–H groups in total. The van der Waals surface area contributed by atoms with Crippen molar-refractivity contribution < 1.29 is 0 Å². The third-order valence-electron chi connectivity index (χ3n) is 2.12. The highest BCUT2D eigenvalue weighted by Gasteiger charge is 2.15. The predicted molar refractivity (Wildman–Crippen MR) is 55.0 cm³/mol. The van der Waals surface area contributed by atoms with Crippen molar-refractivity contribution in [3.8, 4) is 0 Å². The van der Waals surface area contributed by atoms with Gasteiger partial charge < -0.3 is 0 Å². The maximum Gasteiger partial charge on any atom is 0.0596 e. The van der Waals surface area contributed by atoms with Gasteiger partial charge in [0.1, 0.15) is 0 Å². The van der Waals surface area contributed by atoms with E-state index < -0.39 is 0 Å². The fraction of sp³-hybridized carbons (Fsp3) is 0.400. The first-order valence-electron chi connectivity index (χ1n) is 4.24. The molecule has 1 aromatic carbocycles. The molecule has 1 aliphatic rings. The van der Waals surface area contributed by atoms with Crippen LogP contribution in [0.4, 0.5) is 0 Å². The molecule has 1 unspecified atom stereocenters. The zero-order valence-electron chi connectivity index (χ0n) is 6.79. The molecular formula is C10H11ClS. The molecule has 1 atom stereocenters. The summed E-state index contributed by atoms with van der Waals surface area (Å²) >= 11 is 8.17. The number of halogens is 1. The van der Waals surface area contributed by atoms with Gasteiger partial charge >= 0.3 is 0 Å². The first-order valence-corrected chi connectivity index (χ1v) is 5.66. The topological polar surface area (TPSA) is 0 Å². The fourth-order valence-electron chi connectivity index (χ4n) is 1.47. The summed E-state index contributed by atoms with van der Waals surface area (Å²) in [6.07, 6.45) is 2.35. The van der Waals surface area contributed by atoms with Crippen LogP contribution in [0, 0.1) is 0 Å². The van der Waals surface area contributed by atoms with Crippen molar-refractivity contribution >= 4 is 23.4 Å². The Hall–Kier alpha value is -0.140. The van der Waals surface area contributed by atoms with Crippen molar-refractivity contribution in [2.75, 3.05) is 5.75 Å². The third kappa shape index (κ3) is 1.62. The SMILES string of the molecule is ClC1CCCSc2ccccc21. The number of thioether (sulfide) groups is 1. The molecule has 0 fully saturated rings. The van der Waals surface area contributed by atoms with Crippen LogP contribution in [0.1, 0.15) is 23.8 Å². The Morgan fingerprint density at radius 1 is 1.33 bits per heavy atom. The van der Waals surface area contributed by atoms with E-state index in [9.17, 15) is 0 Å². The van der Waals surface area contributed by atoms with Crippen molar-refractivity contribution in [1.82, 2.24) is 0 Å². The second-order valence-electron chi connectivity index (χ2n) is 3.00. The van der Waals surface area contributed by atoms with E-state index in [2.05, 4.69) is 24.3 Å². The Bertz CT molecular complexity index is 272. The van der Waals surface area contributed by atoms with Crippen LogP contribution < -0.4 is 0 Å². The Morgan fingerprint density at radius 2 is 2.17 bits per heavy atom. The second-order valence-corrected chi connectivity index (χ2v) is 4.66. The Morgan fingerprint density at radius 3 is 3.08 bits per heavy atom. The van der Waals surface area contributed by atoms with E-state index in [4.69, 9.17) is 11.6 Å². The number of hydrogen-bond donors (Lipinski definition) is 0. The smallest absolute Gasteiger partial charge is 0.0596 e. The monoisotopic (exact) mass is 198 g/mol. The first-order chi connectivity index (χ1) is 5.88. The summed E-state index contributed by atoms with van der Waals surface area (Å²) in [5, 5.41) is 0.233. The molecule has 0 aliphatic carbocycles. The van der Waals surface area contributed by atoms with Gasteiger partial charge in [-0.3, -0.25) is 0 Å². The van der Waals surface area contributed by atoms with E-state index in [0.717, 1.165) is 6.42 Å². The lowest BCUT2D eigenvalue weighted by Gasteiger charge is -2.08. The zero-order valence-corrected chi connectivity index (χ0v) is 8.37. The number of fused-ring (bicyclic) bond motifs is 1. The number of benzene rings is 1. The van der Waals surface area contributed by atoms with Crippen LogP contribution in [0.2, 0.25) is 0 Å². The third-order valence-corrected chi connectivity index (χ3v) is 3.74. The van der Waals surface area contributed by atoms with Gasteiger partial charge in [0.25, 0.3) is 0 Å². The summed E-state index contributed by atoms with van der Waals surface area (Å²) in [7, 11) is 0. The molecule has 1 aromatic rings. The van der Waals surface area contributed by atoms with Crippen molar-refractivity contribution in [3.63, 3.8) is 0 Å². The molecule has 0 radical (unpaired) electrons. The van der Waals surface area contributed by atoms with Crippen LogP contribution >= 0.6 is 23.4 Å². The summed E-state index contributed by atoms with van der Waals surface area (Å²) in [5.74, 6) is 1.21. The molecule has 0 saturated carbocycles. The van der Waals surface area contributed by atoms with E-state index in [1.165, 1.54) is 22.6 Å². The van der Waals surface area contributed by atoms with E-state index in [0.29, 0.717) is 0 Å². The van der Waals surface area contributed by atoms with Crippen LogP contribution in [-0.2, 0) is 0 Å². The van der Waals surface area contributed by atoms with Crippen LogP contribution in [0.25, 0.3) is 0 Å². The minimum Gasteiger partial charge on any atom is -0.126 e. The highest BCUT2D eigenvalue weighted by molar-refractivity contribution is 7.99. The van der Waals surface area contributed by atoms with Gasteiger partial charge in [-0.25, -0.2) is 0 Å². The molecule has 0 amide bonds. The van der Waals surface area contributed by atoms with Gasteiger partial charge in [0, 0.05) is 4.90 Å². The molecule has 2 rings (SSSR count). The highest BCUT2D eigenvalue weighted by Crippen LogP contribution is 2.37. The molecule has 0 saturated heterocycles. The first kappa shape index (κ1) is 8.46. The summed E-state index contributed by atoms with van der Waals surface area (Å²) in [4.78, 5) is 1.37. The second kappa shape index (κ2) is 3.71. The molecular weight excluding hydrogens is 188 g/mol. The van der Waals surface area contributed by atoms with Crippen LogP contribution in [0.15, 0.2) is 29.2 Å². The number of hydrogen-bond acceptors (Lipinski definition) is 1. The largest absolute Gasteiger partial charge is 0.126 e. The lowest BCUT2D eigenvalue weighted by Crippen LogP contribution is -1.89. The predicted octanol–water partition coefficient (Wildman–Crippen LogP) is 3.85. The van der Waals surface area contributed by atoms with Gasteiger partial charge in [0.2, 0.25) is 0 Å². The summed E-state index contributed by atoms with van der Waals surface area (Å²) in [6, 6.07) is 8.47. The van der Waals surface area contributed by atoms with E-state index in [1.54, 1.807) is 0 Å². The quantitative estimate of drug-likeness (QED) is 0.571. The maximum atomic E-state index is 6.24. The van der Waals surface area contributed by atoms with E-state index in [1.807, 2.05) is 11.8 Å². The molecule has 12 heavy (non-hydrogen) atoms. The van der Waals surface area contributed by atoms with E-state index >= 15 is 0 Å². The van der Waals surface area contributed by atoms with Gasteiger partial charge in [-0.05, 0) is 30.2 Å². The van der Waals surface area contributed by atoms with Gasteiger partial charge in [-0.2, -0.15) is 0 Å². The van der Waals surface area contributed by atoms with Crippen LogP contribution in [-0.4, -0.2) is 5.75 Å². The molecule has 64 valence electrons. The Kier molecular flexibility index (Phi) is 2.62. The molecule has 0 bridgehead atoms. The molecule has 1 aliphatic heterocycles. The Balaban J connectivity index is 2.39. The summed E-state index contributed by atoms with van der Waals surface area (Å²) < 4.78 is 0. The van der Waals surface area contributed by atoms with E-state index in [-0.39, 0.29) is 5.38 Å². The fourth-order valence-corrected chi connectivity index (χ4v) is 2.96. The standard InChI is InChI=1S/C10H11ClS/c11-9-5-3-7-12-10-6-2-1-4-8(9)10/h1-2,4,6,9H,3,5,7H2. The highest BCUT2D eigenvalue weighted by atomic mass is 35.5.